The molecule has 0 radical (unpaired) electrons. The monoisotopic (exact) mass is 406 g/mol. The topological polar surface area (TPSA) is 41.1 Å². The van der Waals surface area contributed by atoms with Crippen LogP contribution in [-0.2, 0) is 4.79 Å². The van der Waals surface area contributed by atoms with Gasteiger partial charge in [-0.15, -0.1) is 24.2 Å². The maximum Gasteiger partial charge on any atom is 0.223 e. The van der Waals surface area contributed by atoms with Gasteiger partial charge in [-0.1, -0.05) is 12.1 Å². The minimum atomic E-state index is 0. The van der Waals surface area contributed by atoms with Crippen LogP contribution in [0.5, 0.6) is 0 Å². The molecule has 0 spiro atoms. The third kappa shape index (κ3) is 6.90. The number of carbonyl (C=O) groups is 1. The van der Waals surface area contributed by atoms with Crippen molar-refractivity contribution in [1.82, 2.24) is 10.6 Å². The molecule has 22 heavy (non-hydrogen) atoms. The molecule has 0 aromatic heterocycles. The normalized spacial score (nSPS) is 15.1. The maximum absolute atomic E-state index is 11.9. The Hall–Kier alpha value is -0.230. The zero-order valence-electron chi connectivity index (χ0n) is 12.6. The molecule has 1 aromatic carbocycles. The fraction of sp³-hybridized carbons (Fsp3) is 0.562. The maximum atomic E-state index is 11.9. The number of rotatable bonds is 7. The highest BCUT2D eigenvalue weighted by molar-refractivity contribution is 9.10. The summed E-state index contributed by atoms with van der Waals surface area (Å²) in [6, 6.07) is 8.30. The third-order valence-corrected chi connectivity index (χ3v) is 5.79. The molecule has 1 fully saturated rings. The highest BCUT2D eigenvalue weighted by Gasteiger charge is 2.19. The first-order valence-corrected chi connectivity index (χ1v) is 9.41. The van der Waals surface area contributed by atoms with Crippen LogP contribution in [-0.4, -0.2) is 31.3 Å². The molecule has 0 bridgehead atoms. The minimum absolute atomic E-state index is 0. The van der Waals surface area contributed by atoms with Crippen molar-refractivity contribution < 1.29 is 4.79 Å². The number of hydrogen-bond donors (Lipinski definition) is 2. The first-order chi connectivity index (χ1) is 10.3. The molecule has 0 aliphatic carbocycles. The SMILES string of the molecule is Cl.O=C(NCCCCSc1ccccc1Br)C1CCNCC1. The summed E-state index contributed by atoms with van der Waals surface area (Å²) in [7, 11) is 0. The van der Waals surface area contributed by atoms with Crippen molar-refractivity contribution in [2.75, 3.05) is 25.4 Å². The standard InChI is InChI=1S/C16H23BrN2OS.ClH/c17-14-5-1-2-6-15(14)21-12-4-3-9-19-16(20)13-7-10-18-11-8-13;/h1-2,5-6,13,18H,3-4,7-12H2,(H,19,20);1H. The Bertz CT molecular complexity index is 456. The molecule has 2 rings (SSSR count). The van der Waals surface area contributed by atoms with E-state index in [4.69, 9.17) is 0 Å². The van der Waals surface area contributed by atoms with Gasteiger partial charge in [0, 0.05) is 21.8 Å². The summed E-state index contributed by atoms with van der Waals surface area (Å²) in [6.07, 6.45) is 4.13. The van der Waals surface area contributed by atoms with E-state index in [0.717, 1.165) is 55.5 Å². The van der Waals surface area contributed by atoms with E-state index in [1.807, 2.05) is 17.8 Å². The van der Waals surface area contributed by atoms with E-state index < -0.39 is 0 Å². The summed E-state index contributed by atoms with van der Waals surface area (Å²) in [5.41, 5.74) is 0. The van der Waals surface area contributed by atoms with Crippen molar-refractivity contribution in [3.8, 4) is 0 Å². The summed E-state index contributed by atoms with van der Waals surface area (Å²) in [5, 5.41) is 6.36. The molecule has 124 valence electrons. The van der Waals surface area contributed by atoms with Crippen LogP contribution in [0, 0.1) is 5.92 Å². The van der Waals surface area contributed by atoms with Crippen LogP contribution >= 0.6 is 40.1 Å². The Morgan fingerprint density at radius 2 is 2.00 bits per heavy atom. The molecule has 1 aliphatic heterocycles. The van der Waals surface area contributed by atoms with Gasteiger partial charge in [-0.05, 0) is 72.6 Å². The van der Waals surface area contributed by atoms with Gasteiger partial charge in [0.1, 0.15) is 0 Å². The van der Waals surface area contributed by atoms with Crippen LogP contribution in [0.3, 0.4) is 0 Å². The average molecular weight is 408 g/mol. The third-order valence-electron chi connectivity index (χ3n) is 3.67. The number of amides is 1. The van der Waals surface area contributed by atoms with Gasteiger partial charge in [-0.25, -0.2) is 0 Å². The van der Waals surface area contributed by atoms with Crippen molar-refractivity contribution in [3.05, 3.63) is 28.7 Å². The fourth-order valence-corrected chi connectivity index (χ4v) is 3.99. The van der Waals surface area contributed by atoms with Crippen LogP contribution in [0.4, 0.5) is 0 Å². The Morgan fingerprint density at radius 1 is 1.27 bits per heavy atom. The average Bonchev–Trinajstić information content (AvgIpc) is 2.53. The van der Waals surface area contributed by atoms with Crippen LogP contribution in [0.15, 0.2) is 33.6 Å². The van der Waals surface area contributed by atoms with Crippen LogP contribution < -0.4 is 10.6 Å². The fourth-order valence-electron chi connectivity index (χ4n) is 2.41. The zero-order chi connectivity index (χ0) is 14.9. The number of piperidine rings is 1. The first kappa shape index (κ1) is 19.8. The molecule has 2 N–H and O–H groups in total. The number of carbonyl (C=O) groups excluding carboxylic acids is 1. The van der Waals surface area contributed by atoms with Gasteiger partial charge < -0.3 is 10.6 Å². The molecule has 0 unspecified atom stereocenters. The van der Waals surface area contributed by atoms with Crippen molar-refractivity contribution in [3.63, 3.8) is 0 Å². The van der Waals surface area contributed by atoms with Crippen LogP contribution in [0.2, 0.25) is 0 Å². The van der Waals surface area contributed by atoms with Crippen LogP contribution in [0.25, 0.3) is 0 Å². The van der Waals surface area contributed by atoms with Crippen molar-refractivity contribution in [2.45, 2.75) is 30.6 Å². The van der Waals surface area contributed by atoms with Crippen molar-refractivity contribution in [1.29, 1.82) is 0 Å². The second-order valence-corrected chi connectivity index (χ2v) is 7.29. The predicted octanol–water partition coefficient (Wildman–Crippen LogP) is 3.86. The summed E-state index contributed by atoms with van der Waals surface area (Å²) >= 11 is 5.43. The molecule has 6 heteroatoms. The van der Waals surface area contributed by atoms with E-state index in [9.17, 15) is 4.79 Å². The molecule has 1 saturated heterocycles. The molecule has 1 amide bonds. The first-order valence-electron chi connectivity index (χ1n) is 7.63. The lowest BCUT2D eigenvalue weighted by molar-refractivity contribution is -0.125. The summed E-state index contributed by atoms with van der Waals surface area (Å²) in [5.74, 6) is 1.56. The van der Waals surface area contributed by atoms with E-state index >= 15 is 0 Å². The number of unbranched alkanes of at least 4 members (excludes halogenated alkanes) is 1. The Morgan fingerprint density at radius 3 is 2.73 bits per heavy atom. The molecule has 1 aromatic rings. The Labute approximate surface area is 151 Å². The number of thioether (sulfide) groups is 1. The molecule has 3 nitrogen and oxygen atoms in total. The molecule has 0 atom stereocenters. The Balaban J connectivity index is 0.00000242. The largest absolute Gasteiger partial charge is 0.356 e. The lowest BCUT2D eigenvalue weighted by Crippen LogP contribution is -2.38. The zero-order valence-corrected chi connectivity index (χ0v) is 15.9. The smallest absolute Gasteiger partial charge is 0.223 e. The van der Waals surface area contributed by atoms with Crippen LogP contribution in [0.1, 0.15) is 25.7 Å². The lowest BCUT2D eigenvalue weighted by Gasteiger charge is -2.21. The molecule has 1 aliphatic rings. The second kappa shape index (κ2) is 11.3. The number of nitrogens with one attached hydrogen (secondary N) is 2. The minimum Gasteiger partial charge on any atom is -0.356 e. The van der Waals surface area contributed by atoms with Gasteiger partial charge in [0.05, 0.1) is 0 Å². The van der Waals surface area contributed by atoms with Gasteiger partial charge in [-0.2, -0.15) is 0 Å². The van der Waals surface area contributed by atoms with Gasteiger partial charge >= 0.3 is 0 Å². The molecule has 1 heterocycles. The summed E-state index contributed by atoms with van der Waals surface area (Å²) in [4.78, 5) is 13.2. The number of hydrogen-bond acceptors (Lipinski definition) is 3. The summed E-state index contributed by atoms with van der Waals surface area (Å²) < 4.78 is 1.16. The predicted molar refractivity (Wildman–Crippen MR) is 100.0 cm³/mol. The van der Waals surface area contributed by atoms with E-state index in [1.165, 1.54) is 4.90 Å². The molecular weight excluding hydrogens is 384 g/mol. The highest BCUT2D eigenvalue weighted by Crippen LogP contribution is 2.27. The summed E-state index contributed by atoms with van der Waals surface area (Å²) in [6.45, 7) is 2.75. The van der Waals surface area contributed by atoms with E-state index in [1.54, 1.807) is 0 Å². The van der Waals surface area contributed by atoms with E-state index in [2.05, 4.69) is 44.8 Å². The van der Waals surface area contributed by atoms with Crippen molar-refractivity contribution >= 4 is 46.0 Å². The molecule has 0 saturated carbocycles. The van der Waals surface area contributed by atoms with Gasteiger partial charge in [0.15, 0.2) is 0 Å². The van der Waals surface area contributed by atoms with E-state index in [0.29, 0.717) is 0 Å². The van der Waals surface area contributed by atoms with Gasteiger partial charge in [-0.3, -0.25) is 4.79 Å². The Kier molecular flexibility index (Phi) is 10.2. The number of benzene rings is 1. The van der Waals surface area contributed by atoms with E-state index in [-0.39, 0.29) is 24.2 Å². The van der Waals surface area contributed by atoms with Crippen molar-refractivity contribution in [2.24, 2.45) is 5.92 Å². The number of halogens is 2. The second-order valence-electron chi connectivity index (χ2n) is 5.30. The highest BCUT2D eigenvalue weighted by atomic mass is 79.9. The quantitative estimate of drug-likeness (QED) is 0.533. The molecular formula is C16H24BrClN2OS. The van der Waals surface area contributed by atoms with Gasteiger partial charge in [0.25, 0.3) is 0 Å². The van der Waals surface area contributed by atoms with Gasteiger partial charge in [0.2, 0.25) is 5.91 Å². The lowest BCUT2D eigenvalue weighted by atomic mass is 9.97.